The van der Waals surface area contributed by atoms with Gasteiger partial charge in [0.15, 0.2) is 0 Å². The summed E-state index contributed by atoms with van der Waals surface area (Å²) >= 11 is 0. The van der Waals surface area contributed by atoms with Crippen LogP contribution in [-0.2, 0) is 10.0 Å². The van der Waals surface area contributed by atoms with Gasteiger partial charge in [0.1, 0.15) is 11.6 Å². The lowest BCUT2D eigenvalue weighted by Crippen LogP contribution is -2.32. The molecule has 0 amide bonds. The monoisotopic (exact) mass is 335 g/mol. The van der Waals surface area contributed by atoms with Gasteiger partial charge in [-0.05, 0) is 49.2 Å². The Labute approximate surface area is 135 Å². The number of aryl methyl sites for hydroxylation is 2. The Morgan fingerprint density at radius 1 is 1.17 bits per heavy atom. The topological polar surface area (TPSA) is 55.4 Å². The summed E-state index contributed by atoms with van der Waals surface area (Å²) in [6.07, 6.45) is 0.459. The molecule has 4 nitrogen and oxygen atoms in total. The molecular weight excluding hydrogens is 317 g/mol. The van der Waals surface area contributed by atoms with Crippen LogP contribution in [0.4, 0.5) is 4.39 Å². The lowest BCUT2D eigenvalue weighted by atomic mass is 10.0. The third kappa shape index (κ3) is 3.23. The van der Waals surface area contributed by atoms with E-state index in [-0.39, 0.29) is 4.90 Å². The summed E-state index contributed by atoms with van der Waals surface area (Å²) in [6, 6.07) is 8.95. The molecule has 0 aromatic heterocycles. The van der Waals surface area contributed by atoms with Gasteiger partial charge >= 0.3 is 0 Å². The molecule has 122 valence electrons. The van der Waals surface area contributed by atoms with E-state index >= 15 is 0 Å². The average molecular weight is 335 g/mol. The zero-order chi connectivity index (χ0) is 16.6. The highest BCUT2D eigenvalue weighted by molar-refractivity contribution is 7.89. The molecule has 0 fully saturated rings. The molecule has 0 bridgehead atoms. The van der Waals surface area contributed by atoms with Crippen molar-refractivity contribution < 1.29 is 17.5 Å². The van der Waals surface area contributed by atoms with Gasteiger partial charge in [0.2, 0.25) is 10.0 Å². The lowest BCUT2D eigenvalue weighted by Gasteiger charge is -2.26. The van der Waals surface area contributed by atoms with Gasteiger partial charge in [-0.15, -0.1) is 0 Å². The molecule has 1 unspecified atom stereocenters. The van der Waals surface area contributed by atoms with Gasteiger partial charge in [0.25, 0.3) is 0 Å². The minimum absolute atomic E-state index is 0.252. The fourth-order valence-electron chi connectivity index (χ4n) is 2.74. The Bertz CT molecular complexity index is 849. The number of ether oxygens (including phenoxy) is 1. The Morgan fingerprint density at radius 2 is 1.96 bits per heavy atom. The van der Waals surface area contributed by atoms with Crippen molar-refractivity contribution in [1.82, 2.24) is 4.72 Å². The van der Waals surface area contributed by atoms with Crippen molar-refractivity contribution in [3.05, 3.63) is 58.9 Å². The molecule has 6 heteroatoms. The Morgan fingerprint density at radius 3 is 2.74 bits per heavy atom. The highest BCUT2D eigenvalue weighted by Crippen LogP contribution is 2.33. The number of sulfonamides is 1. The number of hydrogen-bond donors (Lipinski definition) is 1. The molecule has 0 radical (unpaired) electrons. The second kappa shape index (κ2) is 5.94. The third-order valence-electron chi connectivity index (χ3n) is 3.94. The number of rotatable bonds is 3. The van der Waals surface area contributed by atoms with Crippen LogP contribution in [0.25, 0.3) is 0 Å². The first-order valence-corrected chi connectivity index (χ1v) is 8.87. The maximum absolute atomic E-state index is 13.5. The molecule has 1 aliphatic heterocycles. The largest absolute Gasteiger partial charge is 0.493 e. The molecule has 0 saturated heterocycles. The maximum Gasteiger partial charge on any atom is 0.241 e. The number of halogens is 1. The summed E-state index contributed by atoms with van der Waals surface area (Å²) in [5, 5.41) is 0. The number of nitrogens with one attached hydrogen (secondary N) is 1. The number of benzene rings is 2. The fourth-order valence-corrected chi connectivity index (χ4v) is 4.31. The minimum atomic E-state index is -3.70. The highest BCUT2D eigenvalue weighted by Gasteiger charge is 2.28. The van der Waals surface area contributed by atoms with Gasteiger partial charge in [-0.25, -0.2) is 17.5 Å². The predicted octanol–water partition coefficient (Wildman–Crippen LogP) is 3.24. The van der Waals surface area contributed by atoms with Crippen LogP contribution in [0.15, 0.2) is 41.3 Å². The smallest absolute Gasteiger partial charge is 0.241 e. The van der Waals surface area contributed by atoms with Crippen LogP contribution in [0.3, 0.4) is 0 Å². The quantitative estimate of drug-likeness (QED) is 0.937. The Hall–Kier alpha value is -1.92. The van der Waals surface area contributed by atoms with E-state index in [0.29, 0.717) is 29.9 Å². The molecule has 1 heterocycles. The van der Waals surface area contributed by atoms with Crippen LogP contribution < -0.4 is 9.46 Å². The van der Waals surface area contributed by atoms with E-state index < -0.39 is 21.9 Å². The van der Waals surface area contributed by atoms with Crippen molar-refractivity contribution in [3.63, 3.8) is 0 Å². The highest BCUT2D eigenvalue weighted by atomic mass is 32.2. The van der Waals surface area contributed by atoms with Gasteiger partial charge in [0.05, 0.1) is 17.5 Å². The normalized spacial score (nSPS) is 17.4. The van der Waals surface area contributed by atoms with E-state index in [9.17, 15) is 12.8 Å². The first-order valence-electron chi connectivity index (χ1n) is 7.39. The van der Waals surface area contributed by atoms with Crippen LogP contribution in [0.2, 0.25) is 0 Å². The summed E-state index contributed by atoms with van der Waals surface area (Å²) in [6.45, 7) is 3.99. The van der Waals surface area contributed by atoms with E-state index in [1.54, 1.807) is 19.1 Å². The van der Waals surface area contributed by atoms with Gasteiger partial charge in [-0.2, -0.15) is 0 Å². The van der Waals surface area contributed by atoms with Crippen molar-refractivity contribution in [3.8, 4) is 5.75 Å². The third-order valence-corrected chi connectivity index (χ3v) is 5.56. The van der Waals surface area contributed by atoms with E-state index in [0.717, 1.165) is 5.56 Å². The molecule has 1 N–H and O–H groups in total. The van der Waals surface area contributed by atoms with E-state index in [2.05, 4.69) is 4.72 Å². The first-order chi connectivity index (χ1) is 10.9. The van der Waals surface area contributed by atoms with Crippen molar-refractivity contribution >= 4 is 10.0 Å². The molecule has 3 rings (SSSR count). The van der Waals surface area contributed by atoms with Crippen molar-refractivity contribution in [2.24, 2.45) is 0 Å². The summed E-state index contributed by atoms with van der Waals surface area (Å²) in [5.74, 6) is 0.108. The van der Waals surface area contributed by atoms with Gasteiger partial charge < -0.3 is 4.74 Å². The molecule has 2 aromatic rings. The SMILES string of the molecule is Cc1ccc(C)c(S(=O)(=O)NC2CCOc3ccc(F)cc32)c1. The van der Waals surface area contributed by atoms with Gasteiger partial charge in [-0.3, -0.25) is 0 Å². The minimum Gasteiger partial charge on any atom is -0.493 e. The van der Waals surface area contributed by atoms with Gasteiger partial charge in [-0.1, -0.05) is 12.1 Å². The predicted molar refractivity (Wildman–Crippen MR) is 85.5 cm³/mol. The van der Waals surface area contributed by atoms with E-state index in [1.165, 1.54) is 18.2 Å². The number of hydrogen-bond acceptors (Lipinski definition) is 3. The average Bonchev–Trinajstić information content (AvgIpc) is 2.50. The molecular formula is C17H18FNO3S. The van der Waals surface area contributed by atoms with E-state index in [1.807, 2.05) is 13.0 Å². The fraction of sp³-hybridized carbons (Fsp3) is 0.294. The zero-order valence-corrected chi connectivity index (χ0v) is 13.8. The van der Waals surface area contributed by atoms with Crippen molar-refractivity contribution in [2.75, 3.05) is 6.61 Å². The summed E-state index contributed by atoms with van der Waals surface area (Å²) in [7, 11) is -3.70. The summed E-state index contributed by atoms with van der Waals surface area (Å²) in [5.41, 5.74) is 2.08. The molecule has 0 aliphatic carbocycles. The van der Waals surface area contributed by atoms with Crippen molar-refractivity contribution in [2.45, 2.75) is 31.2 Å². The second-order valence-corrected chi connectivity index (χ2v) is 7.44. The van der Waals surface area contributed by atoms with Crippen LogP contribution >= 0.6 is 0 Å². The summed E-state index contributed by atoms with van der Waals surface area (Å²) < 4.78 is 47.1. The maximum atomic E-state index is 13.5. The molecule has 0 saturated carbocycles. The van der Waals surface area contributed by atoms with Crippen LogP contribution in [0, 0.1) is 19.7 Å². The standard InChI is InChI=1S/C17H18FNO3S/c1-11-3-4-12(2)17(9-11)23(20,21)19-15-7-8-22-16-6-5-13(18)10-14(15)16/h3-6,9-10,15,19H,7-8H2,1-2H3. The van der Waals surface area contributed by atoms with Crippen LogP contribution in [0.1, 0.15) is 29.2 Å². The number of fused-ring (bicyclic) bond motifs is 1. The molecule has 1 aliphatic rings. The van der Waals surface area contributed by atoms with Crippen LogP contribution in [-0.4, -0.2) is 15.0 Å². The molecule has 0 spiro atoms. The second-order valence-electron chi connectivity index (χ2n) is 5.76. The Kier molecular flexibility index (Phi) is 4.12. The zero-order valence-electron chi connectivity index (χ0n) is 13.0. The molecule has 1 atom stereocenters. The molecule has 2 aromatic carbocycles. The van der Waals surface area contributed by atoms with Gasteiger partial charge in [0, 0.05) is 12.0 Å². The van der Waals surface area contributed by atoms with Crippen molar-refractivity contribution in [1.29, 1.82) is 0 Å². The lowest BCUT2D eigenvalue weighted by molar-refractivity contribution is 0.262. The summed E-state index contributed by atoms with van der Waals surface area (Å²) in [4.78, 5) is 0.252. The Balaban J connectivity index is 1.96. The molecule has 23 heavy (non-hydrogen) atoms. The first kappa shape index (κ1) is 16.0. The van der Waals surface area contributed by atoms with E-state index in [4.69, 9.17) is 4.74 Å². The van der Waals surface area contributed by atoms with Crippen LogP contribution in [0.5, 0.6) is 5.75 Å².